The molecule has 1 saturated heterocycles. The van der Waals surface area contributed by atoms with Gasteiger partial charge in [0.15, 0.2) is 0 Å². The van der Waals surface area contributed by atoms with Gasteiger partial charge in [0.25, 0.3) is 5.56 Å². The van der Waals surface area contributed by atoms with E-state index < -0.39 is 0 Å². The van der Waals surface area contributed by atoms with Crippen LogP contribution in [0.2, 0.25) is 0 Å². The minimum atomic E-state index is -0.0463. The van der Waals surface area contributed by atoms with Crippen LogP contribution < -0.4 is 15.6 Å². The fourth-order valence-electron chi connectivity index (χ4n) is 2.51. The Labute approximate surface area is 111 Å². The van der Waals surface area contributed by atoms with E-state index in [4.69, 9.17) is 4.74 Å². The summed E-state index contributed by atoms with van der Waals surface area (Å²) in [6.07, 6.45) is 5.10. The lowest BCUT2D eigenvalue weighted by atomic mass is 10.0. The van der Waals surface area contributed by atoms with Crippen molar-refractivity contribution < 1.29 is 4.74 Å². The van der Waals surface area contributed by atoms with Crippen molar-refractivity contribution in [1.82, 2.24) is 14.7 Å². The third-order valence-corrected chi connectivity index (χ3v) is 3.56. The second-order valence-corrected chi connectivity index (χ2v) is 4.82. The lowest BCUT2D eigenvalue weighted by molar-refractivity contribution is 0.404. The molecular weight excluding hydrogens is 242 g/mol. The minimum Gasteiger partial charge on any atom is -0.497 e. The van der Waals surface area contributed by atoms with Gasteiger partial charge in [-0.05, 0) is 25.5 Å². The molecule has 3 heterocycles. The van der Waals surface area contributed by atoms with Crippen molar-refractivity contribution >= 4 is 5.65 Å². The highest BCUT2D eigenvalue weighted by Crippen LogP contribution is 2.21. The van der Waals surface area contributed by atoms with Crippen molar-refractivity contribution in [3.63, 3.8) is 0 Å². The van der Waals surface area contributed by atoms with E-state index in [9.17, 15) is 4.79 Å². The van der Waals surface area contributed by atoms with Gasteiger partial charge in [-0.15, -0.1) is 0 Å². The minimum absolute atomic E-state index is 0.0463. The number of nitrogens with zero attached hydrogens (tertiary/aromatic N) is 2. The summed E-state index contributed by atoms with van der Waals surface area (Å²) in [7, 11) is 1.61. The van der Waals surface area contributed by atoms with E-state index in [0.29, 0.717) is 11.4 Å². The highest BCUT2D eigenvalue weighted by Gasteiger charge is 2.17. The van der Waals surface area contributed by atoms with Gasteiger partial charge in [-0.1, -0.05) is 6.42 Å². The lowest BCUT2D eigenvalue weighted by Crippen LogP contribution is -2.29. The molecule has 5 nitrogen and oxygen atoms in total. The van der Waals surface area contributed by atoms with Crippen molar-refractivity contribution in [3.8, 4) is 5.75 Å². The Hall–Kier alpha value is -1.88. The largest absolute Gasteiger partial charge is 0.497 e. The Morgan fingerprint density at radius 2 is 2.32 bits per heavy atom. The van der Waals surface area contributed by atoms with Gasteiger partial charge < -0.3 is 10.1 Å². The van der Waals surface area contributed by atoms with E-state index in [1.807, 2.05) is 0 Å². The topological polar surface area (TPSA) is 55.6 Å². The van der Waals surface area contributed by atoms with Crippen LogP contribution in [0, 0.1) is 0 Å². The maximum Gasteiger partial charge on any atom is 0.258 e. The van der Waals surface area contributed by atoms with Crippen molar-refractivity contribution in [3.05, 3.63) is 40.4 Å². The van der Waals surface area contributed by atoms with Gasteiger partial charge in [0, 0.05) is 24.4 Å². The lowest BCUT2D eigenvalue weighted by Gasteiger charge is -2.22. The SMILES string of the molecule is COc1ccn2c(=O)cc(C3CCCCN3)nc2c1. The zero-order valence-electron chi connectivity index (χ0n) is 10.9. The van der Waals surface area contributed by atoms with Crippen LogP contribution in [0.25, 0.3) is 5.65 Å². The van der Waals surface area contributed by atoms with Crippen molar-refractivity contribution in [2.24, 2.45) is 0 Å². The standard InChI is InChI=1S/C14H17N3O2/c1-19-10-5-7-17-13(8-10)16-12(9-14(17)18)11-4-2-3-6-15-11/h5,7-9,11,15H,2-4,6H2,1H3. The van der Waals surface area contributed by atoms with Crippen LogP contribution in [-0.2, 0) is 0 Å². The second-order valence-electron chi connectivity index (χ2n) is 4.82. The molecule has 1 fully saturated rings. The predicted molar refractivity (Wildman–Crippen MR) is 72.6 cm³/mol. The number of fused-ring (bicyclic) bond motifs is 1. The molecule has 1 aliphatic rings. The molecule has 3 rings (SSSR count). The van der Waals surface area contributed by atoms with E-state index in [-0.39, 0.29) is 11.6 Å². The summed E-state index contributed by atoms with van der Waals surface area (Å²) >= 11 is 0. The number of pyridine rings is 1. The third-order valence-electron chi connectivity index (χ3n) is 3.56. The number of nitrogens with one attached hydrogen (secondary N) is 1. The summed E-state index contributed by atoms with van der Waals surface area (Å²) in [6.45, 7) is 0.990. The van der Waals surface area contributed by atoms with Crippen LogP contribution in [-0.4, -0.2) is 23.0 Å². The Morgan fingerprint density at radius 1 is 1.42 bits per heavy atom. The van der Waals surface area contributed by atoms with Gasteiger partial charge in [0.05, 0.1) is 12.8 Å². The molecule has 1 aliphatic heterocycles. The summed E-state index contributed by atoms with van der Waals surface area (Å²) in [4.78, 5) is 16.7. The molecule has 2 aromatic heterocycles. The Bertz CT molecular complexity index is 645. The van der Waals surface area contributed by atoms with Gasteiger partial charge in [-0.3, -0.25) is 9.20 Å². The Morgan fingerprint density at radius 3 is 3.05 bits per heavy atom. The quantitative estimate of drug-likeness (QED) is 0.888. The number of hydrogen-bond acceptors (Lipinski definition) is 4. The molecule has 1 N–H and O–H groups in total. The first-order valence-corrected chi connectivity index (χ1v) is 6.58. The summed E-state index contributed by atoms with van der Waals surface area (Å²) in [5, 5.41) is 3.41. The van der Waals surface area contributed by atoms with Crippen molar-refractivity contribution in [1.29, 1.82) is 0 Å². The van der Waals surface area contributed by atoms with E-state index >= 15 is 0 Å². The van der Waals surface area contributed by atoms with Crippen molar-refractivity contribution in [2.45, 2.75) is 25.3 Å². The summed E-state index contributed by atoms with van der Waals surface area (Å²) in [6, 6.07) is 5.36. The first kappa shape index (κ1) is 12.2. The monoisotopic (exact) mass is 259 g/mol. The van der Waals surface area contributed by atoms with Gasteiger partial charge in [-0.25, -0.2) is 4.98 Å². The van der Waals surface area contributed by atoms with Gasteiger partial charge in [-0.2, -0.15) is 0 Å². The average molecular weight is 259 g/mol. The Kier molecular flexibility index (Phi) is 3.21. The maximum atomic E-state index is 12.1. The molecule has 0 aromatic carbocycles. The molecule has 1 atom stereocenters. The highest BCUT2D eigenvalue weighted by atomic mass is 16.5. The molecular formula is C14H17N3O2. The zero-order valence-corrected chi connectivity index (χ0v) is 10.9. The first-order valence-electron chi connectivity index (χ1n) is 6.58. The molecule has 2 aromatic rings. The molecule has 1 unspecified atom stereocenters. The highest BCUT2D eigenvalue weighted by molar-refractivity contribution is 5.44. The van der Waals surface area contributed by atoms with Crippen LogP contribution in [0.4, 0.5) is 0 Å². The number of hydrogen-bond donors (Lipinski definition) is 1. The normalized spacial score (nSPS) is 19.5. The molecule has 0 radical (unpaired) electrons. The molecule has 0 aliphatic carbocycles. The van der Waals surface area contributed by atoms with Crippen LogP contribution in [0.1, 0.15) is 31.0 Å². The van der Waals surface area contributed by atoms with Gasteiger partial charge >= 0.3 is 0 Å². The molecule has 0 saturated carbocycles. The van der Waals surface area contributed by atoms with E-state index in [2.05, 4.69) is 10.3 Å². The number of piperidine rings is 1. The molecule has 0 spiro atoms. The van der Waals surface area contributed by atoms with Crippen LogP contribution in [0.3, 0.4) is 0 Å². The van der Waals surface area contributed by atoms with E-state index in [1.165, 1.54) is 17.2 Å². The van der Waals surface area contributed by atoms with Crippen LogP contribution in [0.15, 0.2) is 29.2 Å². The fourth-order valence-corrected chi connectivity index (χ4v) is 2.51. The van der Waals surface area contributed by atoms with E-state index in [0.717, 1.165) is 18.7 Å². The van der Waals surface area contributed by atoms with E-state index in [1.54, 1.807) is 31.5 Å². The average Bonchev–Trinajstić information content (AvgIpc) is 2.47. The molecule has 5 heteroatoms. The fraction of sp³-hybridized carbons (Fsp3) is 0.429. The maximum absolute atomic E-state index is 12.1. The molecule has 19 heavy (non-hydrogen) atoms. The smallest absolute Gasteiger partial charge is 0.258 e. The number of ether oxygens (including phenoxy) is 1. The van der Waals surface area contributed by atoms with Gasteiger partial charge in [0.2, 0.25) is 0 Å². The van der Waals surface area contributed by atoms with Crippen LogP contribution in [0.5, 0.6) is 5.75 Å². The summed E-state index contributed by atoms with van der Waals surface area (Å²) < 4.78 is 6.71. The second kappa shape index (κ2) is 5.01. The first-order chi connectivity index (χ1) is 9.28. The molecule has 0 amide bonds. The number of methoxy groups -OCH3 is 1. The number of aromatic nitrogens is 2. The zero-order chi connectivity index (χ0) is 13.2. The summed E-state index contributed by atoms with van der Waals surface area (Å²) in [5.41, 5.74) is 1.42. The van der Waals surface area contributed by atoms with Crippen LogP contribution >= 0.6 is 0 Å². The summed E-state index contributed by atoms with van der Waals surface area (Å²) in [5.74, 6) is 0.709. The Balaban J connectivity index is 2.08. The molecule has 0 bridgehead atoms. The van der Waals surface area contributed by atoms with Crippen molar-refractivity contribution in [2.75, 3.05) is 13.7 Å². The predicted octanol–water partition coefficient (Wildman–Crippen LogP) is 1.52. The third kappa shape index (κ3) is 2.33. The molecule has 100 valence electrons. The number of rotatable bonds is 2. The van der Waals surface area contributed by atoms with Gasteiger partial charge in [0.1, 0.15) is 11.4 Å².